The van der Waals surface area contributed by atoms with E-state index in [9.17, 15) is 13.2 Å². The van der Waals surface area contributed by atoms with Gasteiger partial charge in [-0.2, -0.15) is 0 Å². The standard InChI is InChI=1S/C19H21N5O3S2/c1-13(18(25)21-16-8-10-17(11-9-16)29(20,26)27)28-19-23-22-14(2)24(19)12-15-6-4-3-5-7-15/h3-11,13H,12H2,1-2H3,(H,21,25)(H2,20,26,27)/t13-/m1/s1. The monoisotopic (exact) mass is 431 g/mol. The third-order valence-corrected chi connectivity index (χ3v) is 6.20. The Labute approximate surface area is 173 Å². The fourth-order valence-corrected chi connectivity index (χ4v) is 3.99. The fraction of sp³-hybridized carbons (Fsp3) is 0.211. The molecule has 0 saturated carbocycles. The third-order valence-electron chi connectivity index (χ3n) is 4.19. The molecule has 152 valence electrons. The maximum atomic E-state index is 12.5. The second-order valence-electron chi connectivity index (χ2n) is 6.42. The fourth-order valence-electron chi connectivity index (χ4n) is 2.58. The van der Waals surface area contributed by atoms with Crippen LogP contribution in [0.1, 0.15) is 18.3 Å². The zero-order valence-corrected chi connectivity index (χ0v) is 17.6. The molecule has 0 unspecified atom stereocenters. The van der Waals surface area contributed by atoms with Crippen molar-refractivity contribution in [3.63, 3.8) is 0 Å². The maximum Gasteiger partial charge on any atom is 0.238 e. The molecule has 1 aromatic heterocycles. The molecule has 0 aliphatic rings. The van der Waals surface area contributed by atoms with Gasteiger partial charge in [0.25, 0.3) is 0 Å². The van der Waals surface area contributed by atoms with Crippen LogP contribution in [-0.4, -0.2) is 34.3 Å². The number of nitrogens with one attached hydrogen (secondary N) is 1. The third kappa shape index (κ3) is 5.43. The molecule has 29 heavy (non-hydrogen) atoms. The van der Waals surface area contributed by atoms with Gasteiger partial charge in [0.1, 0.15) is 5.82 Å². The van der Waals surface area contributed by atoms with Crippen molar-refractivity contribution in [1.82, 2.24) is 14.8 Å². The van der Waals surface area contributed by atoms with E-state index in [0.717, 1.165) is 11.4 Å². The Morgan fingerprint density at radius 2 is 1.79 bits per heavy atom. The molecule has 3 rings (SSSR count). The molecule has 3 aromatic rings. The number of aromatic nitrogens is 3. The van der Waals surface area contributed by atoms with E-state index in [1.165, 1.54) is 36.0 Å². The van der Waals surface area contributed by atoms with Crippen molar-refractivity contribution in [2.45, 2.75) is 35.7 Å². The predicted octanol–water partition coefficient (Wildman–Crippen LogP) is 2.40. The number of thioether (sulfide) groups is 1. The second kappa shape index (κ2) is 8.76. The predicted molar refractivity (Wildman–Crippen MR) is 112 cm³/mol. The van der Waals surface area contributed by atoms with E-state index in [4.69, 9.17) is 5.14 Å². The Bertz CT molecular complexity index is 1100. The van der Waals surface area contributed by atoms with E-state index in [2.05, 4.69) is 15.5 Å². The van der Waals surface area contributed by atoms with Gasteiger partial charge in [0, 0.05) is 5.69 Å². The van der Waals surface area contributed by atoms with Gasteiger partial charge in [0.05, 0.1) is 16.7 Å². The molecular formula is C19H21N5O3S2. The molecule has 0 fully saturated rings. The zero-order chi connectivity index (χ0) is 21.0. The molecular weight excluding hydrogens is 410 g/mol. The SMILES string of the molecule is Cc1nnc(S[C@H](C)C(=O)Nc2ccc(S(N)(=O)=O)cc2)n1Cc1ccccc1. The minimum absolute atomic E-state index is 0.0117. The average Bonchev–Trinajstić information content (AvgIpc) is 3.02. The second-order valence-corrected chi connectivity index (χ2v) is 9.29. The molecule has 2 aromatic carbocycles. The van der Waals surface area contributed by atoms with Crippen LogP contribution in [-0.2, 0) is 21.4 Å². The van der Waals surface area contributed by atoms with E-state index in [-0.39, 0.29) is 10.8 Å². The normalized spacial score (nSPS) is 12.5. The van der Waals surface area contributed by atoms with Gasteiger partial charge in [0.2, 0.25) is 15.9 Å². The highest BCUT2D eigenvalue weighted by Gasteiger charge is 2.20. The number of rotatable bonds is 7. The topological polar surface area (TPSA) is 120 Å². The number of sulfonamides is 1. The first-order chi connectivity index (χ1) is 13.7. The zero-order valence-electron chi connectivity index (χ0n) is 15.9. The van der Waals surface area contributed by atoms with Crippen LogP contribution in [0.2, 0.25) is 0 Å². The molecule has 1 atom stereocenters. The molecule has 10 heteroatoms. The quantitative estimate of drug-likeness (QED) is 0.554. The number of carbonyl (C=O) groups excluding carboxylic acids is 1. The maximum absolute atomic E-state index is 12.5. The van der Waals surface area contributed by atoms with E-state index in [1.54, 1.807) is 6.92 Å². The van der Waals surface area contributed by atoms with Gasteiger partial charge in [0.15, 0.2) is 5.16 Å². The summed E-state index contributed by atoms with van der Waals surface area (Å²) >= 11 is 1.31. The number of carbonyl (C=O) groups is 1. The number of hydrogen-bond donors (Lipinski definition) is 2. The van der Waals surface area contributed by atoms with Crippen molar-refractivity contribution in [3.05, 3.63) is 66.0 Å². The summed E-state index contributed by atoms with van der Waals surface area (Å²) < 4.78 is 24.6. The van der Waals surface area contributed by atoms with Crippen molar-refractivity contribution in [2.75, 3.05) is 5.32 Å². The van der Waals surface area contributed by atoms with E-state index < -0.39 is 15.3 Å². The van der Waals surface area contributed by atoms with Gasteiger partial charge in [-0.3, -0.25) is 4.79 Å². The van der Waals surface area contributed by atoms with Crippen LogP contribution in [0.5, 0.6) is 0 Å². The number of nitrogens with two attached hydrogens (primary N) is 1. The summed E-state index contributed by atoms with van der Waals surface area (Å²) in [6.07, 6.45) is 0. The summed E-state index contributed by atoms with van der Waals surface area (Å²) in [5.74, 6) is 0.535. The lowest BCUT2D eigenvalue weighted by Gasteiger charge is -2.13. The van der Waals surface area contributed by atoms with Gasteiger partial charge in [-0.05, 0) is 43.7 Å². The van der Waals surface area contributed by atoms with Gasteiger partial charge in [-0.1, -0.05) is 42.1 Å². The summed E-state index contributed by atoms with van der Waals surface area (Å²) in [5, 5.41) is 16.4. The van der Waals surface area contributed by atoms with E-state index >= 15 is 0 Å². The van der Waals surface area contributed by atoms with E-state index in [0.29, 0.717) is 17.4 Å². The highest BCUT2D eigenvalue weighted by atomic mass is 32.2. The van der Waals surface area contributed by atoms with Gasteiger partial charge in [-0.25, -0.2) is 13.6 Å². The van der Waals surface area contributed by atoms with Crippen LogP contribution in [0, 0.1) is 6.92 Å². The van der Waals surface area contributed by atoms with Crippen LogP contribution in [0.15, 0.2) is 64.6 Å². The molecule has 0 saturated heterocycles. The van der Waals surface area contributed by atoms with Crippen LogP contribution < -0.4 is 10.5 Å². The van der Waals surface area contributed by atoms with Crippen molar-refractivity contribution in [1.29, 1.82) is 0 Å². The Morgan fingerprint density at radius 1 is 1.14 bits per heavy atom. The largest absolute Gasteiger partial charge is 0.325 e. The molecule has 8 nitrogen and oxygen atoms in total. The molecule has 0 aliphatic heterocycles. The molecule has 0 spiro atoms. The Morgan fingerprint density at radius 3 is 2.41 bits per heavy atom. The first-order valence-corrected chi connectivity index (χ1v) is 11.2. The number of primary sulfonamides is 1. The molecule has 0 radical (unpaired) electrons. The molecule has 1 amide bonds. The summed E-state index contributed by atoms with van der Waals surface area (Å²) in [6.45, 7) is 4.26. The van der Waals surface area contributed by atoms with Crippen molar-refractivity contribution in [3.8, 4) is 0 Å². The van der Waals surface area contributed by atoms with Crippen molar-refractivity contribution in [2.24, 2.45) is 5.14 Å². The summed E-state index contributed by atoms with van der Waals surface area (Å²) in [4.78, 5) is 12.5. The average molecular weight is 432 g/mol. The summed E-state index contributed by atoms with van der Waals surface area (Å²) in [6, 6.07) is 15.6. The first kappa shape index (κ1) is 21.0. The molecule has 0 bridgehead atoms. The lowest BCUT2D eigenvalue weighted by atomic mass is 10.2. The minimum atomic E-state index is -3.77. The Kier molecular flexibility index (Phi) is 6.36. The van der Waals surface area contributed by atoms with Gasteiger partial charge in [-0.15, -0.1) is 10.2 Å². The van der Waals surface area contributed by atoms with Gasteiger partial charge >= 0.3 is 0 Å². The Balaban J connectivity index is 1.67. The van der Waals surface area contributed by atoms with Crippen LogP contribution in [0.4, 0.5) is 5.69 Å². The summed E-state index contributed by atoms with van der Waals surface area (Å²) in [7, 11) is -3.77. The number of anilines is 1. The highest BCUT2D eigenvalue weighted by molar-refractivity contribution is 8.00. The number of hydrogen-bond acceptors (Lipinski definition) is 6. The lowest BCUT2D eigenvalue weighted by Crippen LogP contribution is -2.23. The van der Waals surface area contributed by atoms with Crippen molar-refractivity contribution < 1.29 is 13.2 Å². The highest BCUT2D eigenvalue weighted by Crippen LogP contribution is 2.24. The minimum Gasteiger partial charge on any atom is -0.325 e. The number of aryl methyl sites for hydroxylation is 1. The molecule has 3 N–H and O–H groups in total. The first-order valence-electron chi connectivity index (χ1n) is 8.78. The lowest BCUT2D eigenvalue weighted by molar-refractivity contribution is -0.115. The van der Waals surface area contributed by atoms with E-state index in [1.807, 2.05) is 41.8 Å². The number of amides is 1. The number of benzene rings is 2. The smallest absolute Gasteiger partial charge is 0.238 e. The van der Waals surface area contributed by atoms with Gasteiger partial charge < -0.3 is 9.88 Å². The van der Waals surface area contributed by atoms with Crippen LogP contribution in [0.25, 0.3) is 0 Å². The van der Waals surface area contributed by atoms with Crippen LogP contribution >= 0.6 is 11.8 Å². The summed E-state index contributed by atoms with van der Waals surface area (Å²) in [5.41, 5.74) is 1.60. The Hall–Kier alpha value is -2.69. The van der Waals surface area contributed by atoms with Crippen LogP contribution in [0.3, 0.4) is 0 Å². The molecule has 1 heterocycles. The van der Waals surface area contributed by atoms with Crippen molar-refractivity contribution >= 4 is 33.4 Å². The molecule has 0 aliphatic carbocycles. The number of nitrogens with zero attached hydrogens (tertiary/aromatic N) is 3.